The summed E-state index contributed by atoms with van der Waals surface area (Å²) >= 11 is 7.04. The first-order valence-electron chi connectivity index (χ1n) is 6.10. The van der Waals surface area contributed by atoms with Crippen LogP contribution in [0.3, 0.4) is 0 Å². The van der Waals surface area contributed by atoms with Crippen molar-refractivity contribution in [2.45, 2.75) is 30.0 Å². The average Bonchev–Trinajstić information content (AvgIpc) is 2.92. The van der Waals surface area contributed by atoms with Gasteiger partial charge in [0, 0.05) is 6.07 Å². The predicted molar refractivity (Wildman–Crippen MR) is 79.2 cm³/mol. The number of nitrogens with one attached hydrogen (secondary N) is 1. The molecule has 0 aliphatic rings. The zero-order valence-electron chi connectivity index (χ0n) is 11.6. The van der Waals surface area contributed by atoms with Crippen LogP contribution in [0.2, 0.25) is 5.02 Å². The van der Waals surface area contributed by atoms with Crippen LogP contribution >= 0.6 is 23.4 Å². The van der Waals surface area contributed by atoms with Crippen molar-refractivity contribution in [3.8, 4) is 0 Å². The molecule has 116 valence electrons. The molecule has 8 nitrogen and oxygen atoms in total. The summed E-state index contributed by atoms with van der Waals surface area (Å²) in [6.45, 7) is 3.37. The summed E-state index contributed by atoms with van der Waals surface area (Å²) < 4.78 is 5.02. The zero-order valence-corrected chi connectivity index (χ0v) is 13.1. The van der Waals surface area contributed by atoms with Crippen LogP contribution in [0.25, 0.3) is 0 Å². The van der Waals surface area contributed by atoms with Gasteiger partial charge in [-0.15, -0.1) is 0 Å². The maximum atomic E-state index is 11.9. The molecule has 0 fully saturated rings. The Morgan fingerprint density at radius 1 is 1.50 bits per heavy atom. The number of nitrogens with zero attached hydrogens (tertiary/aromatic N) is 3. The van der Waals surface area contributed by atoms with Crippen molar-refractivity contribution in [1.82, 2.24) is 15.2 Å². The Bertz CT molecular complexity index is 705. The van der Waals surface area contributed by atoms with Crippen LogP contribution in [0.5, 0.6) is 0 Å². The monoisotopic (exact) mass is 342 g/mol. The largest absolute Gasteiger partial charge is 0.459 e. The first-order chi connectivity index (χ1) is 10.4. The Kier molecular flexibility index (Phi) is 4.99. The number of carbonyl (C=O) groups is 1. The summed E-state index contributed by atoms with van der Waals surface area (Å²) in [7, 11) is 0. The number of H-pyrrole nitrogens is 1. The third-order valence-corrected chi connectivity index (χ3v) is 3.82. The van der Waals surface area contributed by atoms with Crippen LogP contribution in [-0.4, -0.2) is 32.2 Å². The Hall–Kier alpha value is -2.13. The number of aromatic nitrogens is 3. The van der Waals surface area contributed by atoms with Gasteiger partial charge in [0.15, 0.2) is 5.16 Å². The van der Waals surface area contributed by atoms with Crippen LogP contribution < -0.4 is 0 Å². The number of ether oxygens (including phenoxy) is 1. The number of nitro benzene ring substituents is 1. The fraction of sp³-hybridized carbons (Fsp3) is 0.250. The lowest BCUT2D eigenvalue weighted by atomic mass is 10.2. The number of halogens is 1. The van der Waals surface area contributed by atoms with Crippen molar-refractivity contribution in [3.05, 3.63) is 39.2 Å². The van der Waals surface area contributed by atoms with Gasteiger partial charge in [-0.05, 0) is 31.7 Å². The molecule has 0 saturated carbocycles. The molecule has 0 amide bonds. The molecule has 0 bridgehead atoms. The van der Waals surface area contributed by atoms with Crippen molar-refractivity contribution in [3.63, 3.8) is 0 Å². The predicted octanol–water partition coefficient (Wildman–Crippen LogP) is 3.08. The number of rotatable bonds is 5. The molecule has 0 radical (unpaired) electrons. The van der Waals surface area contributed by atoms with Crippen LogP contribution in [0.1, 0.15) is 24.2 Å². The smallest absolute Gasteiger partial charge is 0.338 e. The molecule has 1 aromatic carbocycles. The molecule has 0 aliphatic heterocycles. The molecule has 0 spiro atoms. The van der Waals surface area contributed by atoms with E-state index in [1.54, 1.807) is 13.8 Å². The van der Waals surface area contributed by atoms with E-state index in [-0.39, 0.29) is 27.3 Å². The standard InChI is InChI=1S/C12H11ClN4O4S/c1-6(2)21-11(18)7-3-8(13)10(9(4-7)17(19)20)22-12-14-5-15-16-12/h3-6H,1-2H3,(H,14,15,16). The molecular formula is C12H11ClN4O4S. The zero-order chi connectivity index (χ0) is 16.3. The number of hydrogen-bond acceptors (Lipinski definition) is 7. The number of benzene rings is 1. The third-order valence-electron chi connectivity index (χ3n) is 2.39. The molecule has 0 atom stereocenters. The van der Waals surface area contributed by atoms with E-state index in [0.29, 0.717) is 5.16 Å². The minimum absolute atomic E-state index is 0.0207. The first kappa shape index (κ1) is 16.2. The number of carbonyl (C=O) groups excluding carboxylic acids is 1. The normalized spacial score (nSPS) is 10.7. The highest BCUT2D eigenvalue weighted by molar-refractivity contribution is 7.99. The van der Waals surface area contributed by atoms with Gasteiger partial charge in [-0.3, -0.25) is 15.2 Å². The van der Waals surface area contributed by atoms with Crippen molar-refractivity contribution in [1.29, 1.82) is 0 Å². The van der Waals surface area contributed by atoms with Gasteiger partial charge in [-0.1, -0.05) is 11.6 Å². The highest BCUT2D eigenvalue weighted by Gasteiger charge is 2.24. The molecular weight excluding hydrogens is 332 g/mol. The van der Waals surface area contributed by atoms with E-state index in [1.165, 1.54) is 12.4 Å². The van der Waals surface area contributed by atoms with Gasteiger partial charge in [0.1, 0.15) is 11.2 Å². The molecule has 2 aromatic rings. The van der Waals surface area contributed by atoms with Gasteiger partial charge in [0.2, 0.25) is 0 Å². The molecule has 0 aliphatic carbocycles. The highest BCUT2D eigenvalue weighted by atomic mass is 35.5. The van der Waals surface area contributed by atoms with E-state index in [2.05, 4.69) is 15.2 Å². The van der Waals surface area contributed by atoms with Gasteiger partial charge in [-0.25, -0.2) is 9.78 Å². The summed E-state index contributed by atoms with van der Waals surface area (Å²) in [5, 5.41) is 17.9. The van der Waals surface area contributed by atoms with Crippen LogP contribution in [0.15, 0.2) is 28.5 Å². The van der Waals surface area contributed by atoms with Gasteiger partial charge in [0.25, 0.3) is 5.69 Å². The second kappa shape index (κ2) is 6.75. The molecule has 1 aromatic heterocycles. The summed E-state index contributed by atoms with van der Waals surface area (Å²) in [4.78, 5) is 26.5. The maximum Gasteiger partial charge on any atom is 0.338 e. The Labute approximate surface area is 134 Å². The lowest BCUT2D eigenvalue weighted by Crippen LogP contribution is -2.12. The summed E-state index contributed by atoms with van der Waals surface area (Å²) in [6, 6.07) is 2.47. The van der Waals surface area contributed by atoms with Crippen molar-refractivity contribution >= 4 is 35.0 Å². The van der Waals surface area contributed by atoms with Crippen LogP contribution in [-0.2, 0) is 4.74 Å². The topological polar surface area (TPSA) is 111 Å². The van der Waals surface area contributed by atoms with E-state index in [9.17, 15) is 14.9 Å². The van der Waals surface area contributed by atoms with Gasteiger partial charge in [0.05, 0.1) is 21.6 Å². The van der Waals surface area contributed by atoms with E-state index in [4.69, 9.17) is 16.3 Å². The molecule has 2 rings (SSSR count). The fourth-order valence-corrected chi connectivity index (χ4v) is 2.67. The summed E-state index contributed by atoms with van der Waals surface area (Å²) in [5.41, 5.74) is -0.281. The molecule has 1 heterocycles. The second-order valence-electron chi connectivity index (χ2n) is 4.41. The van der Waals surface area contributed by atoms with Crippen LogP contribution in [0.4, 0.5) is 5.69 Å². The second-order valence-corrected chi connectivity index (χ2v) is 5.82. The number of esters is 1. The van der Waals surface area contributed by atoms with Gasteiger partial charge >= 0.3 is 5.97 Å². The Balaban J connectivity index is 2.42. The summed E-state index contributed by atoms with van der Waals surface area (Å²) in [6.07, 6.45) is 0.935. The Morgan fingerprint density at radius 2 is 2.23 bits per heavy atom. The average molecular weight is 343 g/mol. The molecule has 10 heteroatoms. The minimum Gasteiger partial charge on any atom is -0.459 e. The number of aromatic amines is 1. The third kappa shape index (κ3) is 3.74. The van der Waals surface area contributed by atoms with Crippen molar-refractivity contribution in [2.75, 3.05) is 0 Å². The minimum atomic E-state index is -0.670. The lowest BCUT2D eigenvalue weighted by Gasteiger charge is -2.09. The van der Waals surface area contributed by atoms with Crippen LogP contribution in [0, 0.1) is 10.1 Å². The van der Waals surface area contributed by atoms with Gasteiger partial charge in [-0.2, -0.15) is 5.10 Å². The highest BCUT2D eigenvalue weighted by Crippen LogP contribution is 2.39. The fourth-order valence-electron chi connectivity index (χ4n) is 1.56. The Morgan fingerprint density at radius 3 is 2.77 bits per heavy atom. The van der Waals surface area contributed by atoms with E-state index >= 15 is 0 Å². The van der Waals surface area contributed by atoms with Crippen molar-refractivity contribution < 1.29 is 14.5 Å². The lowest BCUT2D eigenvalue weighted by molar-refractivity contribution is -0.387. The quantitative estimate of drug-likeness (QED) is 0.504. The van der Waals surface area contributed by atoms with E-state index in [1.807, 2.05) is 0 Å². The first-order valence-corrected chi connectivity index (χ1v) is 7.30. The van der Waals surface area contributed by atoms with Crippen molar-refractivity contribution in [2.24, 2.45) is 0 Å². The van der Waals surface area contributed by atoms with E-state index < -0.39 is 10.9 Å². The maximum absolute atomic E-state index is 11.9. The SMILES string of the molecule is CC(C)OC(=O)c1cc(Cl)c(Sc2ncn[nH]2)c([N+](=O)[O-])c1. The van der Waals surface area contributed by atoms with Gasteiger partial charge < -0.3 is 4.74 Å². The molecule has 0 saturated heterocycles. The molecule has 22 heavy (non-hydrogen) atoms. The number of nitro groups is 1. The molecule has 1 N–H and O–H groups in total. The molecule has 0 unspecified atom stereocenters. The van der Waals surface area contributed by atoms with E-state index in [0.717, 1.165) is 17.8 Å². The number of hydrogen-bond donors (Lipinski definition) is 1. The summed E-state index contributed by atoms with van der Waals surface area (Å²) in [5.74, 6) is -0.670.